The van der Waals surface area contributed by atoms with Gasteiger partial charge in [-0.25, -0.2) is 0 Å². The second-order valence-electron chi connectivity index (χ2n) is 4.15. The lowest BCUT2D eigenvalue weighted by Crippen LogP contribution is -2.41. The van der Waals surface area contributed by atoms with Crippen LogP contribution in [-0.4, -0.2) is 45.5 Å². The van der Waals surface area contributed by atoms with Gasteiger partial charge in [-0.2, -0.15) is 25.8 Å². The van der Waals surface area contributed by atoms with Gasteiger partial charge in [0.2, 0.25) is 0 Å². The van der Waals surface area contributed by atoms with Gasteiger partial charge in [-0.05, 0) is 12.1 Å². The maximum absolute atomic E-state index is 12.5. The van der Waals surface area contributed by atoms with Gasteiger partial charge in [-0.1, -0.05) is 11.3 Å². The molecule has 0 bridgehead atoms. The molecule has 126 valence electrons. The topological polar surface area (TPSA) is 71.1 Å². The first-order valence-electron chi connectivity index (χ1n) is 5.80. The van der Waals surface area contributed by atoms with Crippen molar-refractivity contribution in [3.05, 3.63) is 23.8 Å². The van der Waals surface area contributed by atoms with E-state index in [0.29, 0.717) is 10.2 Å². The lowest BCUT2D eigenvalue weighted by atomic mass is 10.1. The van der Waals surface area contributed by atoms with E-state index in [1.165, 1.54) is 19.2 Å². The van der Waals surface area contributed by atoms with E-state index >= 15 is 0 Å². The number of halogens is 3. The molecule has 0 heterocycles. The van der Waals surface area contributed by atoms with Gasteiger partial charge in [0.15, 0.2) is 0 Å². The van der Waals surface area contributed by atoms with Crippen LogP contribution < -0.4 is 9.92 Å². The highest BCUT2D eigenvalue weighted by Gasteiger charge is 2.54. The second-order valence-corrected chi connectivity index (χ2v) is 6.84. The molecule has 22 heavy (non-hydrogen) atoms. The summed E-state index contributed by atoms with van der Waals surface area (Å²) < 4.78 is 79.0. The minimum absolute atomic E-state index is 0.0774. The second kappa shape index (κ2) is 6.54. The van der Waals surface area contributed by atoms with E-state index in [9.17, 15) is 21.6 Å². The van der Waals surface area contributed by atoms with Gasteiger partial charge in [0, 0.05) is 24.5 Å². The Labute approximate surface area is 128 Å². The number of benzene rings is 1. The monoisotopic (exact) mass is 360 g/mol. The summed E-state index contributed by atoms with van der Waals surface area (Å²) in [6.07, 6.45) is 0. The Morgan fingerprint density at radius 3 is 2.05 bits per heavy atom. The largest absolute Gasteiger partial charge is 0.523 e. The average Bonchev–Trinajstić information content (AvgIpc) is 2.43. The van der Waals surface area contributed by atoms with Gasteiger partial charge in [-0.3, -0.25) is 0 Å². The Kier molecular flexibility index (Phi) is 5.62. The molecular formula is C11H15F3O6SSi. The standard InChI is InChI=1S/C11H15F3O6SSi/c1-17-9-6-7(22)4-5-8(9)10(18-2,19-3)20-21(15,16)11(12,13)14/h4-6H,1-3,22H3. The van der Waals surface area contributed by atoms with Crippen molar-refractivity contribution in [1.29, 1.82) is 0 Å². The van der Waals surface area contributed by atoms with Crippen molar-refractivity contribution in [2.45, 2.75) is 11.5 Å². The molecule has 6 nitrogen and oxygen atoms in total. The van der Waals surface area contributed by atoms with Crippen molar-refractivity contribution < 1.29 is 40.0 Å². The van der Waals surface area contributed by atoms with Crippen molar-refractivity contribution >= 4 is 25.5 Å². The SMILES string of the molecule is COc1cc([SiH3])ccc1C(OC)(OC)OS(=O)(=O)C(F)(F)F. The molecular weight excluding hydrogens is 345 g/mol. The molecule has 11 heteroatoms. The summed E-state index contributed by atoms with van der Waals surface area (Å²) in [5.74, 6) is -2.54. The van der Waals surface area contributed by atoms with Crippen LogP contribution in [0.1, 0.15) is 5.56 Å². The molecule has 0 aliphatic rings. The zero-order chi connectivity index (χ0) is 17.2. The molecule has 0 aromatic heterocycles. The van der Waals surface area contributed by atoms with E-state index in [1.54, 1.807) is 6.07 Å². The minimum Gasteiger partial charge on any atom is -0.496 e. The summed E-state index contributed by atoms with van der Waals surface area (Å²) >= 11 is 0. The van der Waals surface area contributed by atoms with Crippen molar-refractivity contribution in [2.24, 2.45) is 0 Å². The molecule has 0 spiro atoms. The quantitative estimate of drug-likeness (QED) is 0.307. The van der Waals surface area contributed by atoms with Crippen molar-refractivity contribution in [3.63, 3.8) is 0 Å². The fourth-order valence-corrected chi connectivity index (χ4v) is 2.70. The maximum atomic E-state index is 12.5. The highest BCUT2D eigenvalue weighted by atomic mass is 32.2. The van der Waals surface area contributed by atoms with E-state index < -0.39 is 21.6 Å². The van der Waals surface area contributed by atoms with Crippen LogP contribution in [0.2, 0.25) is 0 Å². The fraction of sp³-hybridized carbons (Fsp3) is 0.455. The van der Waals surface area contributed by atoms with Crippen LogP contribution in [0.25, 0.3) is 0 Å². The van der Waals surface area contributed by atoms with E-state index in [0.717, 1.165) is 19.4 Å². The van der Waals surface area contributed by atoms with Gasteiger partial charge in [0.25, 0.3) is 0 Å². The first kappa shape index (κ1) is 18.9. The van der Waals surface area contributed by atoms with Crippen molar-refractivity contribution in [2.75, 3.05) is 21.3 Å². The van der Waals surface area contributed by atoms with Crippen LogP contribution in [0, 0.1) is 0 Å². The third-order valence-electron chi connectivity index (χ3n) is 2.73. The zero-order valence-corrected chi connectivity index (χ0v) is 15.0. The van der Waals surface area contributed by atoms with Crippen LogP contribution in [0.3, 0.4) is 0 Å². The summed E-state index contributed by atoms with van der Waals surface area (Å²) in [7, 11) is -2.14. The van der Waals surface area contributed by atoms with E-state index in [4.69, 9.17) is 14.2 Å². The first-order chi connectivity index (χ1) is 10.0. The molecule has 0 N–H and O–H groups in total. The average molecular weight is 360 g/mol. The Bertz CT molecular complexity index is 627. The van der Waals surface area contributed by atoms with Crippen LogP contribution in [0.15, 0.2) is 18.2 Å². The summed E-state index contributed by atoms with van der Waals surface area (Å²) in [4.78, 5) is 0. The fourth-order valence-electron chi connectivity index (χ4n) is 1.66. The Balaban J connectivity index is 3.46. The Morgan fingerprint density at radius 1 is 1.09 bits per heavy atom. The zero-order valence-electron chi connectivity index (χ0n) is 12.2. The Morgan fingerprint density at radius 2 is 1.64 bits per heavy atom. The number of alkyl halides is 3. The molecule has 0 radical (unpaired) electrons. The predicted molar refractivity (Wildman–Crippen MR) is 74.3 cm³/mol. The lowest BCUT2D eigenvalue weighted by molar-refractivity contribution is -0.335. The van der Waals surface area contributed by atoms with E-state index in [-0.39, 0.29) is 11.3 Å². The van der Waals surface area contributed by atoms with Gasteiger partial charge in [0.05, 0.1) is 12.7 Å². The summed E-state index contributed by atoms with van der Waals surface area (Å²) in [6.45, 7) is 0. The molecule has 0 aliphatic carbocycles. The minimum atomic E-state index is -5.96. The number of methoxy groups -OCH3 is 3. The molecule has 0 aliphatic heterocycles. The van der Waals surface area contributed by atoms with Gasteiger partial charge in [0.1, 0.15) is 5.75 Å². The molecule has 1 rings (SSSR count). The predicted octanol–water partition coefficient (Wildman–Crippen LogP) is -0.0448. The van der Waals surface area contributed by atoms with E-state index in [2.05, 4.69) is 4.18 Å². The van der Waals surface area contributed by atoms with Crippen molar-refractivity contribution in [1.82, 2.24) is 0 Å². The number of hydrogen-bond acceptors (Lipinski definition) is 6. The van der Waals surface area contributed by atoms with Gasteiger partial charge in [-0.15, -0.1) is 0 Å². The summed E-state index contributed by atoms with van der Waals surface area (Å²) in [5, 5.41) is 0.861. The van der Waals surface area contributed by atoms with Crippen LogP contribution in [0.5, 0.6) is 5.75 Å². The smallest absolute Gasteiger partial charge is 0.496 e. The molecule has 0 unspecified atom stereocenters. The number of hydrogen-bond donors (Lipinski definition) is 0. The summed E-state index contributed by atoms with van der Waals surface area (Å²) in [6, 6.07) is 4.42. The molecule has 1 aromatic carbocycles. The molecule has 0 fully saturated rings. The first-order valence-corrected chi connectivity index (χ1v) is 8.21. The molecule has 1 aromatic rings. The summed E-state index contributed by atoms with van der Waals surface area (Å²) in [5.41, 5.74) is -5.77. The van der Waals surface area contributed by atoms with Crippen LogP contribution in [-0.2, 0) is 29.7 Å². The number of ether oxygens (including phenoxy) is 3. The molecule has 0 atom stereocenters. The normalized spacial score (nSPS) is 13.4. The lowest BCUT2D eigenvalue weighted by Gasteiger charge is -2.31. The van der Waals surface area contributed by atoms with Gasteiger partial charge < -0.3 is 14.2 Å². The van der Waals surface area contributed by atoms with Crippen LogP contribution >= 0.6 is 0 Å². The maximum Gasteiger partial charge on any atom is 0.523 e. The van der Waals surface area contributed by atoms with E-state index in [1.807, 2.05) is 0 Å². The molecule has 0 saturated carbocycles. The van der Waals surface area contributed by atoms with Crippen molar-refractivity contribution in [3.8, 4) is 5.75 Å². The highest BCUT2D eigenvalue weighted by molar-refractivity contribution is 7.87. The third-order valence-corrected chi connectivity index (χ3v) is 4.36. The van der Waals surface area contributed by atoms with Gasteiger partial charge >= 0.3 is 21.6 Å². The molecule has 0 amide bonds. The van der Waals surface area contributed by atoms with Crippen LogP contribution in [0.4, 0.5) is 13.2 Å². The third kappa shape index (κ3) is 3.60. The number of rotatable bonds is 6. The Hall–Kier alpha value is -1.14. The highest BCUT2D eigenvalue weighted by Crippen LogP contribution is 2.38. The molecule has 0 saturated heterocycles.